The third kappa shape index (κ3) is 7.48. The van der Waals surface area contributed by atoms with E-state index in [0.717, 1.165) is 0 Å². The zero-order chi connectivity index (χ0) is 8.69. The van der Waals surface area contributed by atoms with Crippen molar-refractivity contribution in [1.82, 2.24) is 0 Å². The normalized spacial score (nSPS) is 12.3. The summed E-state index contributed by atoms with van der Waals surface area (Å²) in [5.74, 6) is 0.360. The van der Waals surface area contributed by atoms with Gasteiger partial charge >= 0.3 is 6.16 Å². The molecule has 5 heteroatoms. The van der Waals surface area contributed by atoms with Crippen LogP contribution in [0.2, 0.25) is 0 Å². The highest BCUT2D eigenvalue weighted by Gasteiger charge is 2.03. The van der Waals surface area contributed by atoms with Gasteiger partial charge in [-0.25, -0.2) is 4.79 Å². The lowest BCUT2D eigenvalue weighted by Crippen LogP contribution is -2.14. The van der Waals surface area contributed by atoms with Crippen LogP contribution in [0.25, 0.3) is 0 Å². The van der Waals surface area contributed by atoms with E-state index in [1.54, 1.807) is 13.2 Å². The SMILES string of the molecule is CCOC(=O)OCC[S+](C)[O-]. The molecule has 0 radical (unpaired) electrons. The number of carbonyl (C=O) groups excluding carboxylic acids is 1. The number of hydrogen-bond acceptors (Lipinski definition) is 4. The molecule has 1 unspecified atom stereocenters. The second kappa shape index (κ2) is 6.30. The van der Waals surface area contributed by atoms with E-state index in [4.69, 9.17) is 0 Å². The molecule has 0 aliphatic carbocycles. The van der Waals surface area contributed by atoms with Crippen molar-refractivity contribution in [2.75, 3.05) is 25.2 Å². The largest absolute Gasteiger partial charge is 0.616 e. The monoisotopic (exact) mass is 180 g/mol. The van der Waals surface area contributed by atoms with E-state index < -0.39 is 17.3 Å². The van der Waals surface area contributed by atoms with E-state index in [1.165, 1.54) is 0 Å². The molecule has 0 saturated heterocycles. The van der Waals surface area contributed by atoms with Crippen molar-refractivity contribution in [1.29, 1.82) is 0 Å². The first-order chi connectivity index (χ1) is 5.16. The summed E-state index contributed by atoms with van der Waals surface area (Å²) in [7, 11) is 0. The van der Waals surface area contributed by atoms with Gasteiger partial charge in [0.15, 0.2) is 0 Å². The third-order valence-electron chi connectivity index (χ3n) is 0.853. The summed E-state index contributed by atoms with van der Waals surface area (Å²) in [6, 6.07) is 0. The fourth-order valence-electron chi connectivity index (χ4n) is 0.402. The van der Waals surface area contributed by atoms with E-state index in [9.17, 15) is 9.35 Å². The van der Waals surface area contributed by atoms with E-state index in [2.05, 4.69) is 9.47 Å². The van der Waals surface area contributed by atoms with Gasteiger partial charge in [-0.2, -0.15) is 0 Å². The van der Waals surface area contributed by atoms with Crippen LogP contribution in [0.3, 0.4) is 0 Å². The van der Waals surface area contributed by atoms with Crippen LogP contribution < -0.4 is 0 Å². The molecule has 4 nitrogen and oxygen atoms in total. The van der Waals surface area contributed by atoms with Gasteiger partial charge in [-0.05, 0) is 6.92 Å². The molecule has 0 N–H and O–H groups in total. The molecule has 1 atom stereocenters. The molecule has 0 amide bonds. The zero-order valence-electron chi connectivity index (χ0n) is 6.66. The predicted octanol–water partition coefficient (Wildman–Crippen LogP) is 0.538. The first-order valence-electron chi connectivity index (χ1n) is 3.26. The highest BCUT2D eigenvalue weighted by molar-refractivity contribution is 7.90. The van der Waals surface area contributed by atoms with Crippen LogP contribution in [0, 0.1) is 0 Å². The summed E-state index contributed by atoms with van der Waals surface area (Å²) in [5.41, 5.74) is 0. The van der Waals surface area contributed by atoms with Crippen LogP contribution in [0.1, 0.15) is 6.92 Å². The Morgan fingerprint density at radius 1 is 1.55 bits per heavy atom. The van der Waals surface area contributed by atoms with E-state index in [-0.39, 0.29) is 6.61 Å². The van der Waals surface area contributed by atoms with Crippen LogP contribution in [-0.4, -0.2) is 35.9 Å². The molecule has 66 valence electrons. The van der Waals surface area contributed by atoms with Gasteiger partial charge in [0.2, 0.25) is 0 Å². The highest BCUT2D eigenvalue weighted by Crippen LogP contribution is 1.87. The Hall–Kier alpha value is -0.420. The maximum atomic E-state index is 10.5. The average Bonchev–Trinajstić information content (AvgIpc) is 1.87. The van der Waals surface area contributed by atoms with Gasteiger partial charge in [0, 0.05) is 0 Å². The van der Waals surface area contributed by atoms with Gasteiger partial charge in [-0.1, -0.05) is 11.2 Å². The molecular weight excluding hydrogens is 168 g/mol. The highest BCUT2D eigenvalue weighted by atomic mass is 32.2. The minimum absolute atomic E-state index is 0.155. The second-order valence-electron chi connectivity index (χ2n) is 1.81. The van der Waals surface area contributed by atoms with Gasteiger partial charge in [-0.15, -0.1) is 0 Å². The molecule has 0 aliphatic heterocycles. The quantitative estimate of drug-likeness (QED) is 0.468. The van der Waals surface area contributed by atoms with Crippen molar-refractivity contribution in [3.8, 4) is 0 Å². The van der Waals surface area contributed by atoms with Gasteiger partial charge in [0.25, 0.3) is 0 Å². The van der Waals surface area contributed by atoms with Gasteiger partial charge < -0.3 is 14.0 Å². The average molecular weight is 180 g/mol. The molecule has 0 bridgehead atoms. The van der Waals surface area contributed by atoms with Crippen LogP contribution in [-0.2, 0) is 20.6 Å². The molecule has 11 heavy (non-hydrogen) atoms. The van der Waals surface area contributed by atoms with Crippen LogP contribution in [0.5, 0.6) is 0 Å². The van der Waals surface area contributed by atoms with Crippen molar-refractivity contribution in [2.45, 2.75) is 6.92 Å². The van der Waals surface area contributed by atoms with Gasteiger partial charge in [-0.3, -0.25) is 0 Å². The Kier molecular flexibility index (Phi) is 6.06. The lowest BCUT2D eigenvalue weighted by molar-refractivity contribution is 0.0635. The Morgan fingerprint density at radius 3 is 2.64 bits per heavy atom. The Balaban J connectivity index is 3.17. The molecule has 0 saturated carbocycles. The number of ether oxygens (including phenoxy) is 2. The fourth-order valence-corrected chi connectivity index (χ4v) is 0.720. The molecule has 0 heterocycles. The zero-order valence-corrected chi connectivity index (χ0v) is 7.48. The predicted molar refractivity (Wildman–Crippen MR) is 41.9 cm³/mol. The smallest absolute Gasteiger partial charge is 0.508 e. The first-order valence-corrected chi connectivity index (χ1v) is 4.99. The molecule has 0 rings (SSSR count). The molecule has 0 aromatic rings. The molecule has 0 spiro atoms. The number of rotatable bonds is 4. The number of carbonyl (C=O) groups is 1. The summed E-state index contributed by atoms with van der Waals surface area (Å²) in [4.78, 5) is 10.5. The van der Waals surface area contributed by atoms with Crippen LogP contribution in [0.15, 0.2) is 0 Å². The van der Waals surface area contributed by atoms with Crippen molar-refractivity contribution in [3.05, 3.63) is 0 Å². The maximum Gasteiger partial charge on any atom is 0.508 e. The molecule has 0 aliphatic rings. The summed E-state index contributed by atoms with van der Waals surface area (Å²) < 4.78 is 19.5. The van der Waals surface area contributed by atoms with Crippen molar-refractivity contribution >= 4 is 17.3 Å². The number of hydrogen-bond donors (Lipinski definition) is 0. The van der Waals surface area contributed by atoms with E-state index in [0.29, 0.717) is 12.4 Å². The van der Waals surface area contributed by atoms with E-state index >= 15 is 0 Å². The Labute approximate surface area is 69.0 Å². The Bertz CT molecular complexity index is 115. The first kappa shape index (κ1) is 10.6. The molecule has 0 aromatic heterocycles. The summed E-state index contributed by atoms with van der Waals surface area (Å²) in [5, 5.41) is 0. The van der Waals surface area contributed by atoms with Crippen molar-refractivity contribution in [3.63, 3.8) is 0 Å². The molecule has 0 fully saturated rings. The van der Waals surface area contributed by atoms with Crippen molar-refractivity contribution < 1.29 is 18.8 Å². The minimum Gasteiger partial charge on any atom is -0.616 e. The topological polar surface area (TPSA) is 58.6 Å². The van der Waals surface area contributed by atoms with Gasteiger partial charge in [0.1, 0.15) is 12.4 Å². The molecule has 0 aromatic carbocycles. The van der Waals surface area contributed by atoms with Crippen LogP contribution in [0.4, 0.5) is 4.79 Å². The maximum absolute atomic E-state index is 10.5. The Morgan fingerprint density at radius 2 is 2.18 bits per heavy atom. The lowest BCUT2D eigenvalue weighted by atomic mass is 10.8. The van der Waals surface area contributed by atoms with E-state index in [1.807, 2.05) is 0 Å². The standard InChI is InChI=1S/C6H12O4S/c1-3-9-6(7)10-4-5-11(2)8/h3-5H2,1-2H3. The van der Waals surface area contributed by atoms with Crippen molar-refractivity contribution in [2.24, 2.45) is 0 Å². The van der Waals surface area contributed by atoms with Gasteiger partial charge in [0.05, 0.1) is 12.9 Å². The lowest BCUT2D eigenvalue weighted by Gasteiger charge is -2.05. The fraction of sp³-hybridized carbons (Fsp3) is 0.833. The second-order valence-corrected chi connectivity index (χ2v) is 3.36. The third-order valence-corrected chi connectivity index (χ3v) is 1.59. The summed E-state index contributed by atoms with van der Waals surface area (Å²) in [6.45, 7) is 2.15. The summed E-state index contributed by atoms with van der Waals surface area (Å²) in [6.07, 6.45) is 0.854. The van der Waals surface area contributed by atoms with Crippen LogP contribution >= 0.6 is 0 Å². The summed E-state index contributed by atoms with van der Waals surface area (Å²) >= 11 is -0.919. The molecular formula is C6H12O4S. The minimum atomic E-state index is -0.919.